The maximum atomic E-state index is 12.9. The molecule has 2 aliphatic rings. The van der Waals surface area contributed by atoms with Crippen molar-refractivity contribution in [2.24, 2.45) is 0 Å². The first kappa shape index (κ1) is 22.7. The molecule has 1 aromatic carbocycles. The quantitative estimate of drug-likeness (QED) is 0.346. The van der Waals surface area contributed by atoms with Gasteiger partial charge in [0.25, 0.3) is 5.69 Å². The highest BCUT2D eigenvalue weighted by atomic mass is 16.6. The van der Waals surface area contributed by atoms with E-state index in [1.54, 1.807) is 51.2 Å². The van der Waals surface area contributed by atoms with Crippen LogP contribution in [0, 0.1) is 10.1 Å². The van der Waals surface area contributed by atoms with E-state index in [-0.39, 0.29) is 24.5 Å². The molecule has 0 aromatic heterocycles. The Morgan fingerprint density at radius 2 is 1.88 bits per heavy atom. The number of amides is 1. The third kappa shape index (κ3) is 5.60. The summed E-state index contributed by atoms with van der Waals surface area (Å²) in [7, 11) is 1.28. The molecule has 0 saturated heterocycles. The lowest BCUT2D eigenvalue weighted by atomic mass is 10.1. The number of aromatic nitrogens is 2. The molecule has 0 unspecified atom stereocenters. The molecule has 1 amide bonds. The Morgan fingerprint density at radius 1 is 1.16 bits per heavy atom. The van der Waals surface area contributed by atoms with Crippen LogP contribution in [0.2, 0.25) is 0 Å². The summed E-state index contributed by atoms with van der Waals surface area (Å²) < 4.78 is 10.2. The van der Waals surface area contributed by atoms with Crippen molar-refractivity contribution >= 4 is 17.7 Å². The van der Waals surface area contributed by atoms with E-state index in [0.717, 1.165) is 5.56 Å². The third-order valence-corrected chi connectivity index (χ3v) is 4.45. The number of carbonyl (C=O) groups excluding carboxylic acids is 2. The predicted octanol–water partition coefficient (Wildman–Crippen LogP) is 4.15. The van der Waals surface area contributed by atoms with Crippen LogP contribution in [0.15, 0.2) is 42.6 Å². The highest BCUT2D eigenvalue weighted by molar-refractivity contribution is 5.90. The van der Waals surface area contributed by atoms with Crippen LogP contribution >= 0.6 is 0 Å². The Hall–Kier alpha value is -3.95. The van der Waals surface area contributed by atoms with Crippen LogP contribution in [0.4, 0.5) is 10.5 Å². The Kier molecular flexibility index (Phi) is 6.42. The summed E-state index contributed by atoms with van der Waals surface area (Å²) in [5.41, 5.74) is 1.42. The SMILES string of the molecule is COC(=O)c1cc2cc(CN(Cc3cccc([N+](=O)[O-])c3)C(=O)OC(C)(C)C)c[nH]c-2n1. The van der Waals surface area contributed by atoms with E-state index in [4.69, 9.17) is 9.47 Å². The minimum absolute atomic E-state index is 0.0559. The molecule has 32 heavy (non-hydrogen) atoms. The maximum Gasteiger partial charge on any atom is 0.410 e. The van der Waals surface area contributed by atoms with Crippen molar-refractivity contribution in [1.29, 1.82) is 0 Å². The van der Waals surface area contributed by atoms with E-state index in [0.29, 0.717) is 17.0 Å². The van der Waals surface area contributed by atoms with Crippen LogP contribution in [0.5, 0.6) is 0 Å². The van der Waals surface area contributed by atoms with Gasteiger partial charge in [0.15, 0.2) is 5.69 Å². The van der Waals surface area contributed by atoms with E-state index in [9.17, 15) is 19.7 Å². The van der Waals surface area contributed by atoms with Crippen molar-refractivity contribution in [2.45, 2.75) is 39.5 Å². The Labute approximate surface area is 184 Å². The van der Waals surface area contributed by atoms with E-state index < -0.39 is 22.6 Å². The van der Waals surface area contributed by atoms with E-state index >= 15 is 0 Å². The van der Waals surface area contributed by atoms with Gasteiger partial charge in [-0.2, -0.15) is 0 Å². The van der Waals surface area contributed by atoms with E-state index in [2.05, 4.69) is 9.97 Å². The zero-order valence-electron chi connectivity index (χ0n) is 18.2. The first-order valence-corrected chi connectivity index (χ1v) is 9.83. The second-order valence-corrected chi connectivity index (χ2v) is 8.21. The molecule has 0 atom stereocenters. The fraction of sp³-hybridized carbons (Fsp3) is 0.318. The monoisotopic (exact) mass is 440 g/mol. The van der Waals surface area contributed by atoms with Gasteiger partial charge >= 0.3 is 12.1 Å². The topological polar surface area (TPSA) is 128 Å². The number of fused-ring (bicyclic) bond motifs is 1. The normalized spacial score (nSPS) is 11.2. The van der Waals surface area contributed by atoms with Gasteiger partial charge in [-0.15, -0.1) is 0 Å². The molecule has 0 radical (unpaired) electrons. The molecular weight excluding hydrogens is 416 g/mol. The number of aromatic amines is 1. The number of benzene rings is 1. The molecule has 10 heteroatoms. The maximum absolute atomic E-state index is 12.9. The molecule has 0 spiro atoms. The molecule has 168 valence electrons. The number of pyridine rings is 1. The number of rotatable bonds is 6. The molecule has 1 N–H and O–H groups in total. The Balaban J connectivity index is 1.89. The van der Waals surface area contributed by atoms with Gasteiger partial charge < -0.3 is 14.5 Å². The summed E-state index contributed by atoms with van der Waals surface area (Å²) in [6.07, 6.45) is 1.13. The number of hydrogen-bond acceptors (Lipinski definition) is 7. The zero-order chi connectivity index (χ0) is 23.5. The molecule has 0 aliphatic carbocycles. The lowest BCUT2D eigenvalue weighted by Gasteiger charge is -2.27. The second kappa shape index (κ2) is 9.04. The molecule has 3 rings (SSSR count). The number of carbonyl (C=O) groups is 2. The van der Waals surface area contributed by atoms with Gasteiger partial charge in [-0.05, 0) is 44.0 Å². The molecule has 10 nitrogen and oxygen atoms in total. The average molecular weight is 440 g/mol. The van der Waals surface area contributed by atoms with E-state index in [1.165, 1.54) is 24.1 Å². The molecular formula is C22H24N4O6. The standard InChI is InChI=1S/C22H24N4O6/c1-22(2,3)32-21(28)25(12-14-6-5-7-17(9-14)26(29)30)13-15-8-16-10-18(20(27)31-4)24-19(16)23-11-15/h5-11H,12-13H2,1-4H3,(H,23,24). The Morgan fingerprint density at radius 3 is 2.53 bits per heavy atom. The molecule has 0 fully saturated rings. The fourth-order valence-electron chi connectivity index (χ4n) is 3.08. The number of nitrogens with one attached hydrogen (secondary N) is 1. The molecule has 0 saturated carbocycles. The van der Waals surface area contributed by atoms with Crippen molar-refractivity contribution in [1.82, 2.24) is 14.9 Å². The fourth-order valence-corrected chi connectivity index (χ4v) is 3.08. The first-order chi connectivity index (χ1) is 15.1. The highest BCUT2D eigenvalue weighted by Gasteiger charge is 2.24. The molecule has 1 aromatic rings. The molecule has 2 aliphatic heterocycles. The van der Waals surface area contributed by atoms with Crippen molar-refractivity contribution in [3.8, 4) is 11.4 Å². The van der Waals surface area contributed by atoms with Crippen LogP contribution in [0.25, 0.3) is 11.4 Å². The van der Waals surface area contributed by atoms with Crippen molar-refractivity contribution < 1.29 is 24.0 Å². The van der Waals surface area contributed by atoms with Crippen LogP contribution in [0.3, 0.4) is 0 Å². The summed E-state index contributed by atoms with van der Waals surface area (Å²) in [4.78, 5) is 43.9. The number of esters is 1. The van der Waals surface area contributed by atoms with Gasteiger partial charge in [-0.25, -0.2) is 14.6 Å². The lowest BCUT2D eigenvalue weighted by Crippen LogP contribution is -2.36. The summed E-state index contributed by atoms with van der Waals surface area (Å²) in [5, 5.41) is 11.1. The van der Waals surface area contributed by atoms with Crippen molar-refractivity contribution in [2.75, 3.05) is 7.11 Å². The largest absolute Gasteiger partial charge is 0.464 e. The van der Waals surface area contributed by atoms with Crippen LogP contribution < -0.4 is 0 Å². The lowest BCUT2D eigenvalue weighted by molar-refractivity contribution is -0.384. The molecule has 2 heterocycles. The van der Waals surface area contributed by atoms with Crippen LogP contribution in [-0.4, -0.2) is 44.6 Å². The van der Waals surface area contributed by atoms with Gasteiger partial charge in [0.2, 0.25) is 0 Å². The highest BCUT2D eigenvalue weighted by Crippen LogP contribution is 2.24. The summed E-state index contributed by atoms with van der Waals surface area (Å²) in [6, 6.07) is 9.51. The number of non-ortho nitro benzene ring substituents is 1. The van der Waals surface area contributed by atoms with Crippen molar-refractivity contribution in [3.05, 3.63) is 69.5 Å². The smallest absolute Gasteiger partial charge is 0.410 e. The number of hydrogen-bond donors (Lipinski definition) is 1. The number of nitrogens with zero attached hydrogens (tertiary/aromatic N) is 3. The number of methoxy groups -OCH3 is 1. The van der Waals surface area contributed by atoms with Gasteiger partial charge in [0, 0.05) is 30.4 Å². The number of nitro benzene ring substituents is 1. The first-order valence-electron chi connectivity index (χ1n) is 9.83. The summed E-state index contributed by atoms with van der Waals surface area (Å²) in [5.74, 6) is -0.0335. The van der Waals surface area contributed by atoms with Gasteiger partial charge in [-0.1, -0.05) is 12.1 Å². The average Bonchev–Trinajstić information content (AvgIpc) is 3.15. The number of nitro groups is 1. The van der Waals surface area contributed by atoms with Crippen LogP contribution in [-0.2, 0) is 22.6 Å². The van der Waals surface area contributed by atoms with Gasteiger partial charge in [0.1, 0.15) is 11.4 Å². The summed E-state index contributed by atoms with van der Waals surface area (Å²) >= 11 is 0. The van der Waals surface area contributed by atoms with Crippen molar-refractivity contribution in [3.63, 3.8) is 0 Å². The second-order valence-electron chi connectivity index (χ2n) is 8.21. The zero-order valence-corrected chi connectivity index (χ0v) is 18.2. The van der Waals surface area contributed by atoms with E-state index in [1.807, 2.05) is 0 Å². The molecule has 0 bridgehead atoms. The predicted molar refractivity (Wildman–Crippen MR) is 115 cm³/mol. The minimum Gasteiger partial charge on any atom is -0.464 e. The third-order valence-electron chi connectivity index (χ3n) is 4.45. The van der Waals surface area contributed by atoms with Crippen LogP contribution in [0.1, 0.15) is 42.4 Å². The van der Waals surface area contributed by atoms with Gasteiger partial charge in [-0.3, -0.25) is 15.0 Å². The van der Waals surface area contributed by atoms with Gasteiger partial charge in [0.05, 0.1) is 18.6 Å². The number of ether oxygens (including phenoxy) is 2. The minimum atomic E-state index is -0.709. The Bertz CT molecular complexity index is 1120. The summed E-state index contributed by atoms with van der Waals surface area (Å²) in [6.45, 7) is 5.57. The number of H-pyrrole nitrogens is 1.